The lowest BCUT2D eigenvalue weighted by Gasteiger charge is -2.32. The van der Waals surface area contributed by atoms with Crippen LogP contribution in [0.3, 0.4) is 0 Å². The molecule has 2 aromatic heterocycles. The van der Waals surface area contributed by atoms with Crippen molar-refractivity contribution in [2.45, 2.75) is 58.0 Å². The van der Waals surface area contributed by atoms with Gasteiger partial charge in [0.2, 0.25) is 5.95 Å². The van der Waals surface area contributed by atoms with E-state index in [9.17, 15) is 0 Å². The van der Waals surface area contributed by atoms with Crippen LogP contribution in [-0.4, -0.2) is 21.0 Å². The smallest absolute Gasteiger partial charge is 0.222 e. The molecular formula is C16H24N6S. The molecule has 124 valence electrons. The van der Waals surface area contributed by atoms with Crippen molar-refractivity contribution in [3.63, 3.8) is 0 Å². The van der Waals surface area contributed by atoms with E-state index >= 15 is 0 Å². The van der Waals surface area contributed by atoms with E-state index in [0.29, 0.717) is 24.5 Å². The van der Waals surface area contributed by atoms with Crippen LogP contribution in [0, 0.1) is 6.92 Å². The van der Waals surface area contributed by atoms with Gasteiger partial charge < -0.3 is 16.8 Å². The van der Waals surface area contributed by atoms with Crippen molar-refractivity contribution in [3.8, 4) is 0 Å². The molecule has 0 unspecified atom stereocenters. The highest BCUT2D eigenvalue weighted by Crippen LogP contribution is 2.35. The highest BCUT2D eigenvalue weighted by Gasteiger charge is 2.29. The first-order chi connectivity index (χ1) is 11.0. The standard InChI is InChI=1S/C16H24N6S/c1-3-4-15-20-9(2)13(23-15)8-19-14-7-12(21-16(18)22-14)10-5-11(17)6-10/h7,10-11H,3-6,8,17H2,1-2H3,(H3,18,19,21,22). The number of aryl methyl sites for hydroxylation is 2. The summed E-state index contributed by atoms with van der Waals surface area (Å²) in [6, 6.07) is 2.29. The Balaban J connectivity index is 1.68. The zero-order valence-electron chi connectivity index (χ0n) is 13.7. The zero-order valence-corrected chi connectivity index (χ0v) is 14.5. The first-order valence-electron chi connectivity index (χ1n) is 8.14. The molecule has 7 heteroatoms. The number of aromatic nitrogens is 3. The fourth-order valence-corrected chi connectivity index (χ4v) is 3.94. The van der Waals surface area contributed by atoms with Gasteiger partial charge in [-0.25, -0.2) is 9.97 Å². The summed E-state index contributed by atoms with van der Waals surface area (Å²) in [5, 5.41) is 4.56. The topological polar surface area (TPSA) is 103 Å². The molecule has 0 spiro atoms. The Bertz CT molecular complexity index is 677. The maximum absolute atomic E-state index is 5.86. The van der Waals surface area contributed by atoms with Gasteiger partial charge in [-0.1, -0.05) is 6.92 Å². The Kier molecular flexibility index (Phi) is 4.77. The summed E-state index contributed by atoms with van der Waals surface area (Å²) in [6.07, 6.45) is 4.11. The van der Waals surface area contributed by atoms with Gasteiger partial charge in [-0.05, 0) is 32.6 Å². The van der Waals surface area contributed by atoms with Gasteiger partial charge in [-0.2, -0.15) is 4.98 Å². The summed E-state index contributed by atoms with van der Waals surface area (Å²) < 4.78 is 0. The predicted molar refractivity (Wildman–Crippen MR) is 94.6 cm³/mol. The molecule has 3 rings (SSSR count). The van der Waals surface area contributed by atoms with E-state index in [-0.39, 0.29) is 0 Å². The fraction of sp³-hybridized carbons (Fsp3) is 0.562. The van der Waals surface area contributed by atoms with E-state index in [1.54, 1.807) is 11.3 Å². The van der Waals surface area contributed by atoms with Crippen LogP contribution in [-0.2, 0) is 13.0 Å². The number of hydrogen-bond donors (Lipinski definition) is 3. The van der Waals surface area contributed by atoms with E-state index in [2.05, 4.69) is 34.1 Å². The average Bonchev–Trinajstić information content (AvgIpc) is 2.81. The van der Waals surface area contributed by atoms with Crippen molar-refractivity contribution in [3.05, 3.63) is 27.3 Å². The SMILES string of the molecule is CCCc1nc(C)c(CNc2cc(C3CC(N)C3)nc(N)n2)s1. The first-order valence-corrected chi connectivity index (χ1v) is 8.96. The van der Waals surface area contributed by atoms with E-state index in [1.165, 1.54) is 9.88 Å². The molecule has 6 nitrogen and oxygen atoms in total. The Morgan fingerprint density at radius 3 is 2.78 bits per heavy atom. The Morgan fingerprint density at radius 2 is 2.09 bits per heavy atom. The third-order valence-electron chi connectivity index (χ3n) is 4.19. The molecule has 0 atom stereocenters. The summed E-state index contributed by atoms with van der Waals surface area (Å²) in [4.78, 5) is 14.5. The first kappa shape index (κ1) is 16.1. The van der Waals surface area contributed by atoms with Crippen molar-refractivity contribution in [1.82, 2.24) is 15.0 Å². The minimum Gasteiger partial charge on any atom is -0.368 e. The quantitative estimate of drug-likeness (QED) is 0.751. The second-order valence-electron chi connectivity index (χ2n) is 6.18. The molecule has 5 N–H and O–H groups in total. The predicted octanol–water partition coefficient (Wildman–Crippen LogP) is 2.59. The van der Waals surface area contributed by atoms with E-state index in [0.717, 1.165) is 42.9 Å². The van der Waals surface area contributed by atoms with Gasteiger partial charge >= 0.3 is 0 Å². The van der Waals surface area contributed by atoms with E-state index in [1.807, 2.05) is 6.07 Å². The Labute approximate surface area is 140 Å². The molecule has 0 amide bonds. The summed E-state index contributed by atoms with van der Waals surface area (Å²) >= 11 is 1.77. The normalized spacial score (nSPS) is 20.3. The van der Waals surface area contributed by atoms with Gasteiger partial charge in [-0.15, -0.1) is 11.3 Å². The summed E-state index contributed by atoms with van der Waals surface area (Å²) in [5.41, 5.74) is 13.8. The monoisotopic (exact) mass is 332 g/mol. The molecule has 0 aromatic carbocycles. The average molecular weight is 332 g/mol. The Morgan fingerprint density at radius 1 is 1.30 bits per heavy atom. The summed E-state index contributed by atoms with van der Waals surface area (Å²) in [5.74, 6) is 1.51. The lowest BCUT2D eigenvalue weighted by Crippen LogP contribution is -2.35. The number of nitrogens with zero attached hydrogens (tertiary/aromatic N) is 3. The van der Waals surface area contributed by atoms with Gasteiger partial charge in [0.05, 0.1) is 22.9 Å². The van der Waals surface area contributed by atoms with Gasteiger partial charge in [0.1, 0.15) is 5.82 Å². The van der Waals surface area contributed by atoms with Crippen LogP contribution in [0.4, 0.5) is 11.8 Å². The minimum absolute atomic E-state index is 0.296. The molecular weight excluding hydrogens is 308 g/mol. The van der Waals surface area contributed by atoms with Crippen LogP contribution < -0.4 is 16.8 Å². The third-order valence-corrected chi connectivity index (χ3v) is 5.40. The van der Waals surface area contributed by atoms with Crippen molar-refractivity contribution < 1.29 is 0 Å². The van der Waals surface area contributed by atoms with Crippen LogP contribution >= 0.6 is 11.3 Å². The zero-order chi connectivity index (χ0) is 16.4. The molecule has 1 fully saturated rings. The Hall–Kier alpha value is -1.73. The number of hydrogen-bond acceptors (Lipinski definition) is 7. The molecule has 2 heterocycles. The van der Waals surface area contributed by atoms with Gasteiger partial charge in [0.25, 0.3) is 0 Å². The molecule has 1 saturated carbocycles. The van der Waals surface area contributed by atoms with E-state index < -0.39 is 0 Å². The van der Waals surface area contributed by atoms with Gasteiger partial charge in [0, 0.05) is 22.9 Å². The highest BCUT2D eigenvalue weighted by atomic mass is 32.1. The second-order valence-corrected chi connectivity index (χ2v) is 7.35. The number of nitrogen functional groups attached to an aromatic ring is 1. The molecule has 0 radical (unpaired) electrons. The number of nitrogens with two attached hydrogens (primary N) is 2. The minimum atomic E-state index is 0.296. The highest BCUT2D eigenvalue weighted by molar-refractivity contribution is 7.11. The third kappa shape index (κ3) is 3.79. The van der Waals surface area contributed by atoms with Crippen molar-refractivity contribution in [1.29, 1.82) is 0 Å². The van der Waals surface area contributed by atoms with Crippen LogP contribution in [0.1, 0.15) is 53.4 Å². The molecule has 0 aliphatic heterocycles. The molecule has 0 bridgehead atoms. The molecule has 0 saturated heterocycles. The summed E-state index contributed by atoms with van der Waals surface area (Å²) in [6.45, 7) is 4.95. The summed E-state index contributed by atoms with van der Waals surface area (Å²) in [7, 11) is 0. The molecule has 1 aliphatic rings. The van der Waals surface area contributed by atoms with Crippen LogP contribution in [0.5, 0.6) is 0 Å². The lowest BCUT2D eigenvalue weighted by molar-refractivity contribution is 0.345. The number of rotatable bonds is 6. The van der Waals surface area contributed by atoms with Crippen LogP contribution in [0.2, 0.25) is 0 Å². The number of thiazole rings is 1. The molecule has 2 aromatic rings. The number of nitrogens with one attached hydrogen (secondary N) is 1. The second kappa shape index (κ2) is 6.80. The maximum Gasteiger partial charge on any atom is 0.222 e. The number of anilines is 2. The molecule has 1 aliphatic carbocycles. The van der Waals surface area contributed by atoms with Gasteiger partial charge in [0.15, 0.2) is 0 Å². The van der Waals surface area contributed by atoms with Crippen molar-refractivity contribution >= 4 is 23.1 Å². The van der Waals surface area contributed by atoms with Gasteiger partial charge in [-0.3, -0.25) is 0 Å². The fourth-order valence-electron chi connectivity index (χ4n) is 2.83. The van der Waals surface area contributed by atoms with Crippen molar-refractivity contribution in [2.75, 3.05) is 11.1 Å². The van der Waals surface area contributed by atoms with Crippen molar-refractivity contribution in [2.24, 2.45) is 5.73 Å². The maximum atomic E-state index is 5.86. The molecule has 23 heavy (non-hydrogen) atoms. The van der Waals surface area contributed by atoms with Crippen LogP contribution in [0.25, 0.3) is 0 Å². The van der Waals surface area contributed by atoms with E-state index in [4.69, 9.17) is 11.5 Å². The lowest BCUT2D eigenvalue weighted by atomic mass is 9.78. The largest absolute Gasteiger partial charge is 0.368 e. The van der Waals surface area contributed by atoms with Crippen LogP contribution in [0.15, 0.2) is 6.07 Å².